The molecule has 0 aliphatic carbocycles. The van der Waals surface area contributed by atoms with Crippen LogP contribution in [0, 0.1) is 12.3 Å². The van der Waals surface area contributed by atoms with Crippen molar-refractivity contribution in [3.8, 4) is 11.3 Å². The van der Waals surface area contributed by atoms with Crippen molar-refractivity contribution < 1.29 is 4.79 Å². The number of rotatable bonds is 3. The maximum atomic E-state index is 12.7. The Labute approximate surface area is 159 Å². The zero-order valence-corrected chi connectivity index (χ0v) is 16.3. The van der Waals surface area contributed by atoms with E-state index in [9.17, 15) is 4.79 Å². The van der Waals surface area contributed by atoms with Gasteiger partial charge in [0.15, 0.2) is 0 Å². The van der Waals surface area contributed by atoms with Crippen molar-refractivity contribution in [3.05, 3.63) is 40.2 Å². The van der Waals surface area contributed by atoms with Crippen molar-refractivity contribution in [2.24, 2.45) is 11.1 Å². The Morgan fingerprint density at radius 2 is 2.12 bits per heavy atom. The summed E-state index contributed by atoms with van der Waals surface area (Å²) < 4.78 is 0. The van der Waals surface area contributed by atoms with E-state index in [-0.39, 0.29) is 36.1 Å². The minimum Gasteiger partial charge on any atom is -0.338 e. The molecule has 0 radical (unpaired) electrons. The number of nitrogens with two attached hydrogens (primary N) is 1. The smallest absolute Gasteiger partial charge is 0.255 e. The molecular formula is C17H23Cl2N3OS. The summed E-state index contributed by atoms with van der Waals surface area (Å²) in [7, 11) is 0. The van der Waals surface area contributed by atoms with Crippen LogP contribution in [0.15, 0.2) is 29.0 Å². The van der Waals surface area contributed by atoms with E-state index in [4.69, 9.17) is 5.73 Å². The number of halogens is 2. The van der Waals surface area contributed by atoms with Gasteiger partial charge in [0.25, 0.3) is 5.91 Å². The lowest BCUT2D eigenvalue weighted by Gasteiger charge is -2.23. The van der Waals surface area contributed by atoms with Gasteiger partial charge < -0.3 is 10.6 Å². The van der Waals surface area contributed by atoms with Crippen LogP contribution in [-0.4, -0.2) is 35.4 Å². The minimum absolute atomic E-state index is 0. The SMILES string of the molecule is Cc1nc(-c2ccsc2)ccc1C(=O)N1CCC(C)(CN)C1.Cl.Cl. The highest BCUT2D eigenvalue weighted by Gasteiger charge is 2.35. The van der Waals surface area contributed by atoms with Gasteiger partial charge in [-0.3, -0.25) is 9.78 Å². The number of aryl methyl sites for hydroxylation is 1. The first-order valence-electron chi connectivity index (χ1n) is 7.52. The normalized spacial score (nSPS) is 19.5. The third-order valence-electron chi connectivity index (χ3n) is 4.47. The zero-order chi connectivity index (χ0) is 15.7. The summed E-state index contributed by atoms with van der Waals surface area (Å²) in [6, 6.07) is 5.87. The molecule has 1 aliphatic rings. The van der Waals surface area contributed by atoms with Crippen LogP contribution in [0.4, 0.5) is 0 Å². The van der Waals surface area contributed by atoms with Crippen LogP contribution in [0.25, 0.3) is 11.3 Å². The monoisotopic (exact) mass is 387 g/mol. The fourth-order valence-electron chi connectivity index (χ4n) is 2.89. The Hall–Kier alpha value is -1.14. The van der Waals surface area contributed by atoms with Gasteiger partial charge in [-0.1, -0.05) is 6.92 Å². The molecule has 0 spiro atoms. The summed E-state index contributed by atoms with van der Waals surface area (Å²) >= 11 is 1.65. The summed E-state index contributed by atoms with van der Waals surface area (Å²) in [6.07, 6.45) is 0.967. The number of thiophene rings is 1. The molecule has 1 unspecified atom stereocenters. The number of hydrogen-bond acceptors (Lipinski definition) is 4. The van der Waals surface area contributed by atoms with Crippen molar-refractivity contribution in [1.82, 2.24) is 9.88 Å². The molecule has 1 amide bonds. The number of hydrogen-bond donors (Lipinski definition) is 1. The van der Waals surface area contributed by atoms with Crippen LogP contribution in [-0.2, 0) is 0 Å². The van der Waals surface area contributed by atoms with Crippen LogP contribution in [0.2, 0.25) is 0 Å². The standard InChI is InChI=1S/C17H21N3OS.2ClH/c1-12-14(3-4-15(19-12)13-5-8-22-9-13)16(21)20-7-6-17(2,10-18)11-20;;/h3-5,8-9H,6-7,10-11,18H2,1-2H3;2*1H. The number of pyridine rings is 1. The molecule has 1 aliphatic heterocycles. The van der Waals surface area contributed by atoms with Gasteiger partial charge in [-0.2, -0.15) is 11.3 Å². The summed E-state index contributed by atoms with van der Waals surface area (Å²) in [5, 5.41) is 4.10. The summed E-state index contributed by atoms with van der Waals surface area (Å²) in [4.78, 5) is 19.2. The topological polar surface area (TPSA) is 59.2 Å². The van der Waals surface area contributed by atoms with Crippen LogP contribution in [0.1, 0.15) is 29.4 Å². The Balaban J connectivity index is 0.00000144. The molecule has 132 valence electrons. The Morgan fingerprint density at radius 3 is 2.67 bits per heavy atom. The first kappa shape index (κ1) is 20.9. The minimum atomic E-state index is 0. The maximum absolute atomic E-state index is 12.7. The lowest BCUT2D eigenvalue weighted by Crippen LogP contribution is -2.34. The van der Waals surface area contributed by atoms with Gasteiger partial charge in [0.1, 0.15) is 0 Å². The van der Waals surface area contributed by atoms with E-state index < -0.39 is 0 Å². The number of nitrogens with zero attached hydrogens (tertiary/aromatic N) is 2. The van der Waals surface area contributed by atoms with Gasteiger partial charge in [0.05, 0.1) is 17.0 Å². The number of likely N-dealkylation sites (tertiary alicyclic amines) is 1. The average Bonchev–Trinajstić information content (AvgIpc) is 3.17. The molecule has 3 heterocycles. The second-order valence-electron chi connectivity index (χ2n) is 6.33. The van der Waals surface area contributed by atoms with E-state index in [1.807, 2.05) is 35.4 Å². The average molecular weight is 388 g/mol. The van der Waals surface area contributed by atoms with Crippen LogP contribution in [0.3, 0.4) is 0 Å². The van der Waals surface area contributed by atoms with Crippen molar-refractivity contribution in [2.45, 2.75) is 20.3 Å². The van der Waals surface area contributed by atoms with Crippen LogP contribution < -0.4 is 5.73 Å². The molecule has 0 aromatic carbocycles. The number of carbonyl (C=O) groups is 1. The van der Waals surface area contributed by atoms with Gasteiger partial charge in [-0.05, 0) is 48.9 Å². The van der Waals surface area contributed by atoms with Gasteiger partial charge >= 0.3 is 0 Å². The summed E-state index contributed by atoms with van der Waals surface area (Å²) in [5.74, 6) is 0.0686. The number of aromatic nitrogens is 1. The fraction of sp³-hybridized carbons (Fsp3) is 0.412. The third kappa shape index (κ3) is 4.09. The predicted octanol–water partition coefficient (Wildman–Crippen LogP) is 3.77. The highest BCUT2D eigenvalue weighted by molar-refractivity contribution is 7.08. The summed E-state index contributed by atoms with van der Waals surface area (Å²) in [5.41, 5.74) is 9.38. The van der Waals surface area contributed by atoms with E-state index in [2.05, 4.69) is 17.3 Å². The lowest BCUT2D eigenvalue weighted by molar-refractivity contribution is 0.0775. The quantitative estimate of drug-likeness (QED) is 0.871. The zero-order valence-electron chi connectivity index (χ0n) is 13.8. The molecule has 7 heteroatoms. The fourth-order valence-corrected chi connectivity index (χ4v) is 3.54. The molecule has 0 saturated carbocycles. The summed E-state index contributed by atoms with van der Waals surface area (Å²) in [6.45, 7) is 6.17. The second-order valence-corrected chi connectivity index (χ2v) is 7.11. The molecule has 0 bridgehead atoms. The molecule has 1 fully saturated rings. The van der Waals surface area contributed by atoms with E-state index in [0.717, 1.165) is 36.5 Å². The van der Waals surface area contributed by atoms with Gasteiger partial charge in [-0.25, -0.2) is 0 Å². The van der Waals surface area contributed by atoms with E-state index in [1.165, 1.54) is 0 Å². The van der Waals surface area contributed by atoms with Crippen LogP contribution >= 0.6 is 36.2 Å². The predicted molar refractivity (Wildman–Crippen MR) is 104 cm³/mol. The Morgan fingerprint density at radius 1 is 1.38 bits per heavy atom. The molecule has 2 aromatic heterocycles. The molecular weight excluding hydrogens is 365 g/mol. The first-order chi connectivity index (χ1) is 10.5. The highest BCUT2D eigenvalue weighted by atomic mass is 35.5. The Bertz CT molecular complexity index is 693. The van der Waals surface area contributed by atoms with Gasteiger partial charge in [0, 0.05) is 24.0 Å². The molecule has 2 N–H and O–H groups in total. The highest BCUT2D eigenvalue weighted by Crippen LogP contribution is 2.30. The van der Waals surface area contributed by atoms with E-state index in [1.54, 1.807) is 11.3 Å². The van der Waals surface area contributed by atoms with E-state index >= 15 is 0 Å². The molecule has 1 saturated heterocycles. The molecule has 1 atom stereocenters. The first-order valence-corrected chi connectivity index (χ1v) is 8.46. The van der Waals surface area contributed by atoms with Crippen molar-refractivity contribution in [1.29, 1.82) is 0 Å². The van der Waals surface area contributed by atoms with Crippen LogP contribution in [0.5, 0.6) is 0 Å². The Kier molecular flexibility index (Phi) is 7.23. The molecule has 24 heavy (non-hydrogen) atoms. The van der Waals surface area contributed by atoms with Gasteiger partial charge in [-0.15, -0.1) is 24.8 Å². The lowest BCUT2D eigenvalue weighted by atomic mass is 9.90. The number of carbonyl (C=O) groups excluding carboxylic acids is 1. The largest absolute Gasteiger partial charge is 0.338 e. The second kappa shape index (κ2) is 8.30. The van der Waals surface area contributed by atoms with Gasteiger partial charge in [0.2, 0.25) is 0 Å². The maximum Gasteiger partial charge on any atom is 0.255 e. The third-order valence-corrected chi connectivity index (χ3v) is 5.15. The number of amides is 1. The molecule has 4 nitrogen and oxygen atoms in total. The molecule has 3 rings (SSSR count). The van der Waals surface area contributed by atoms with E-state index in [0.29, 0.717) is 12.1 Å². The van der Waals surface area contributed by atoms with Crippen molar-refractivity contribution in [2.75, 3.05) is 19.6 Å². The molecule has 2 aromatic rings. The van der Waals surface area contributed by atoms with Crippen molar-refractivity contribution >= 4 is 42.1 Å². The van der Waals surface area contributed by atoms with Crippen molar-refractivity contribution in [3.63, 3.8) is 0 Å².